The lowest BCUT2D eigenvalue weighted by Crippen LogP contribution is -2.38. The zero-order chi connectivity index (χ0) is 22.8. The van der Waals surface area contributed by atoms with E-state index in [-0.39, 0.29) is 36.1 Å². The maximum atomic E-state index is 14.2. The Bertz CT molecular complexity index is 1420. The van der Waals surface area contributed by atoms with Crippen molar-refractivity contribution in [3.8, 4) is 5.75 Å². The van der Waals surface area contributed by atoms with Gasteiger partial charge in [0.25, 0.3) is 5.91 Å². The summed E-state index contributed by atoms with van der Waals surface area (Å²) in [4.78, 5) is 27.0. The van der Waals surface area contributed by atoms with E-state index in [2.05, 4.69) is 15.0 Å². The van der Waals surface area contributed by atoms with Crippen molar-refractivity contribution < 1.29 is 27.1 Å². The van der Waals surface area contributed by atoms with Crippen LogP contribution in [-0.4, -0.2) is 38.4 Å². The van der Waals surface area contributed by atoms with Gasteiger partial charge in [-0.25, -0.2) is 19.3 Å². The molecular weight excluding hydrogens is 432 g/mol. The molecule has 3 aromatic heterocycles. The van der Waals surface area contributed by atoms with Gasteiger partial charge in [-0.2, -0.15) is 13.2 Å². The first kappa shape index (κ1) is 20.0. The standard InChI is InChI=1S/C20H14F4N6O2/c1-9-17-18(25)28-13-7-26-12(6-14(13)30(17)8-27-9)19(31)29-2-3-32-16-4-10(20(22,23)24)11(21)5-15(16)29/h4-8H,2-3H2,1H3,(H2,25,28). The predicted molar refractivity (Wildman–Crippen MR) is 106 cm³/mol. The van der Waals surface area contributed by atoms with E-state index in [0.29, 0.717) is 34.4 Å². The number of nitrogens with zero attached hydrogens (tertiary/aromatic N) is 5. The summed E-state index contributed by atoms with van der Waals surface area (Å²) in [6.07, 6.45) is -1.99. The quantitative estimate of drug-likeness (QED) is 0.450. The second-order valence-corrected chi connectivity index (χ2v) is 7.21. The molecule has 12 heteroatoms. The zero-order valence-electron chi connectivity index (χ0n) is 16.4. The van der Waals surface area contributed by atoms with Crippen LogP contribution in [0.3, 0.4) is 0 Å². The van der Waals surface area contributed by atoms with Gasteiger partial charge in [-0.15, -0.1) is 0 Å². The Hall–Kier alpha value is -3.96. The first-order valence-electron chi connectivity index (χ1n) is 9.39. The maximum Gasteiger partial charge on any atom is 0.419 e. The van der Waals surface area contributed by atoms with E-state index >= 15 is 0 Å². The van der Waals surface area contributed by atoms with Crippen molar-refractivity contribution in [2.75, 3.05) is 23.8 Å². The van der Waals surface area contributed by atoms with E-state index in [4.69, 9.17) is 10.5 Å². The number of ether oxygens (including phenoxy) is 1. The molecule has 0 aliphatic carbocycles. The van der Waals surface area contributed by atoms with Gasteiger partial charge in [-0.3, -0.25) is 9.20 Å². The fourth-order valence-corrected chi connectivity index (χ4v) is 3.75. The van der Waals surface area contributed by atoms with Crippen LogP contribution in [0.4, 0.5) is 29.1 Å². The zero-order valence-corrected chi connectivity index (χ0v) is 16.4. The summed E-state index contributed by atoms with van der Waals surface area (Å²) in [6.45, 7) is 1.72. The summed E-state index contributed by atoms with van der Waals surface area (Å²) in [5.41, 5.74) is 6.59. The number of pyridine rings is 1. The molecular formula is C20H14F4N6O2. The molecule has 1 aromatic carbocycles. The first-order chi connectivity index (χ1) is 15.1. The number of anilines is 2. The van der Waals surface area contributed by atoms with Crippen LogP contribution in [-0.2, 0) is 6.18 Å². The molecule has 0 atom stereocenters. The molecule has 164 valence electrons. The monoisotopic (exact) mass is 446 g/mol. The number of rotatable bonds is 1. The summed E-state index contributed by atoms with van der Waals surface area (Å²) in [5.74, 6) is -2.11. The summed E-state index contributed by atoms with van der Waals surface area (Å²) in [5, 5.41) is 0. The predicted octanol–water partition coefficient (Wildman–Crippen LogP) is 3.37. The van der Waals surface area contributed by atoms with Crippen LogP contribution in [0.5, 0.6) is 5.75 Å². The topological polar surface area (TPSA) is 98.6 Å². The molecule has 1 aliphatic rings. The number of aryl methyl sites for hydroxylation is 1. The number of hydrogen-bond donors (Lipinski definition) is 1. The number of carbonyl (C=O) groups excluding carboxylic acids is 1. The molecule has 2 N–H and O–H groups in total. The summed E-state index contributed by atoms with van der Waals surface area (Å²) < 4.78 is 60.2. The molecule has 0 spiro atoms. The molecule has 1 amide bonds. The molecule has 8 nitrogen and oxygen atoms in total. The number of carbonyl (C=O) groups is 1. The molecule has 4 heterocycles. The lowest BCUT2D eigenvalue weighted by molar-refractivity contribution is -0.140. The Labute approximate surface area is 177 Å². The average Bonchev–Trinajstić information content (AvgIpc) is 3.14. The van der Waals surface area contributed by atoms with Gasteiger partial charge < -0.3 is 15.4 Å². The Morgan fingerprint density at radius 3 is 2.75 bits per heavy atom. The van der Waals surface area contributed by atoms with Crippen molar-refractivity contribution in [2.45, 2.75) is 13.1 Å². The fraction of sp³-hybridized carbons (Fsp3) is 0.200. The molecule has 0 saturated carbocycles. The third-order valence-corrected chi connectivity index (χ3v) is 5.24. The smallest absolute Gasteiger partial charge is 0.419 e. The lowest BCUT2D eigenvalue weighted by Gasteiger charge is -2.30. The Morgan fingerprint density at radius 1 is 1.22 bits per heavy atom. The van der Waals surface area contributed by atoms with Crippen LogP contribution in [0.15, 0.2) is 30.7 Å². The number of aromatic nitrogens is 4. The molecule has 0 unspecified atom stereocenters. The summed E-state index contributed by atoms with van der Waals surface area (Å²) in [7, 11) is 0. The molecule has 1 aliphatic heterocycles. The highest BCUT2D eigenvalue weighted by Gasteiger charge is 2.37. The molecule has 0 fully saturated rings. The number of halogens is 4. The van der Waals surface area contributed by atoms with E-state index < -0.39 is 23.5 Å². The van der Waals surface area contributed by atoms with Crippen molar-refractivity contribution in [2.24, 2.45) is 0 Å². The van der Waals surface area contributed by atoms with Crippen molar-refractivity contribution >= 4 is 34.0 Å². The molecule has 0 radical (unpaired) electrons. The number of hydrogen-bond acceptors (Lipinski definition) is 6. The number of amides is 1. The minimum atomic E-state index is -4.89. The molecule has 0 saturated heterocycles. The van der Waals surface area contributed by atoms with Gasteiger partial charge in [-0.05, 0) is 19.1 Å². The van der Waals surface area contributed by atoms with E-state index in [9.17, 15) is 22.4 Å². The van der Waals surface area contributed by atoms with Crippen LogP contribution in [0.25, 0.3) is 16.6 Å². The van der Waals surface area contributed by atoms with Crippen LogP contribution < -0.4 is 15.4 Å². The number of nitrogen functional groups attached to an aromatic ring is 1. The molecule has 32 heavy (non-hydrogen) atoms. The maximum absolute atomic E-state index is 14.2. The highest BCUT2D eigenvalue weighted by atomic mass is 19.4. The molecule has 5 rings (SSSR count). The van der Waals surface area contributed by atoms with Gasteiger partial charge in [0.1, 0.15) is 41.2 Å². The number of nitrogens with two attached hydrogens (primary N) is 1. The molecule has 0 bridgehead atoms. The van der Waals surface area contributed by atoms with Crippen LogP contribution in [0.2, 0.25) is 0 Å². The van der Waals surface area contributed by atoms with E-state index in [0.717, 1.165) is 4.90 Å². The Balaban J connectivity index is 1.60. The highest BCUT2D eigenvalue weighted by molar-refractivity contribution is 6.07. The van der Waals surface area contributed by atoms with Gasteiger partial charge in [-0.1, -0.05) is 0 Å². The highest BCUT2D eigenvalue weighted by Crippen LogP contribution is 2.40. The third-order valence-electron chi connectivity index (χ3n) is 5.24. The number of fused-ring (bicyclic) bond motifs is 4. The minimum absolute atomic E-state index is 0.00937. The van der Waals surface area contributed by atoms with Crippen LogP contribution in [0, 0.1) is 12.7 Å². The van der Waals surface area contributed by atoms with Crippen molar-refractivity contribution in [1.82, 2.24) is 19.4 Å². The van der Waals surface area contributed by atoms with Crippen molar-refractivity contribution in [3.05, 3.63) is 53.5 Å². The first-order valence-corrected chi connectivity index (χ1v) is 9.39. The Kier molecular flexibility index (Phi) is 4.23. The second-order valence-electron chi connectivity index (χ2n) is 7.21. The van der Waals surface area contributed by atoms with Gasteiger partial charge in [0.2, 0.25) is 0 Å². The largest absolute Gasteiger partial charge is 0.490 e. The number of alkyl halides is 3. The van der Waals surface area contributed by atoms with Crippen LogP contribution >= 0.6 is 0 Å². The minimum Gasteiger partial charge on any atom is -0.490 e. The van der Waals surface area contributed by atoms with Gasteiger partial charge in [0.15, 0.2) is 5.82 Å². The third kappa shape index (κ3) is 2.98. The lowest BCUT2D eigenvalue weighted by atomic mass is 10.1. The number of imidazole rings is 1. The summed E-state index contributed by atoms with van der Waals surface area (Å²) >= 11 is 0. The summed E-state index contributed by atoms with van der Waals surface area (Å²) in [6, 6.07) is 2.69. The van der Waals surface area contributed by atoms with Gasteiger partial charge >= 0.3 is 6.18 Å². The van der Waals surface area contributed by atoms with E-state index in [1.54, 1.807) is 11.3 Å². The van der Waals surface area contributed by atoms with E-state index in [1.807, 2.05) is 0 Å². The normalized spacial score (nSPS) is 14.0. The van der Waals surface area contributed by atoms with Crippen LogP contribution in [0.1, 0.15) is 21.7 Å². The average molecular weight is 446 g/mol. The van der Waals surface area contributed by atoms with E-state index in [1.165, 1.54) is 18.6 Å². The number of benzene rings is 1. The Morgan fingerprint density at radius 2 is 2.00 bits per heavy atom. The van der Waals surface area contributed by atoms with Gasteiger partial charge in [0.05, 0.1) is 35.2 Å². The van der Waals surface area contributed by atoms with Crippen molar-refractivity contribution in [1.29, 1.82) is 0 Å². The SMILES string of the molecule is Cc1ncn2c1c(N)nc1cnc(C(=O)N3CCOc4cc(C(F)(F)F)c(F)cc43)cc12. The van der Waals surface area contributed by atoms with Gasteiger partial charge in [0, 0.05) is 6.07 Å². The molecule has 4 aromatic rings. The fourth-order valence-electron chi connectivity index (χ4n) is 3.75. The second kappa shape index (κ2) is 6.77. The van der Waals surface area contributed by atoms with Crippen molar-refractivity contribution in [3.63, 3.8) is 0 Å².